The summed E-state index contributed by atoms with van der Waals surface area (Å²) in [5, 5.41) is 5.29. The van der Waals surface area contributed by atoms with Crippen LogP contribution < -0.4 is 5.69 Å². The van der Waals surface area contributed by atoms with Gasteiger partial charge in [0.15, 0.2) is 0 Å². The topological polar surface area (TPSA) is 60.1 Å². The van der Waals surface area contributed by atoms with Crippen molar-refractivity contribution in [1.82, 2.24) is 19.2 Å². The smallest absolute Gasteiger partial charge is 0.341 e. The van der Waals surface area contributed by atoms with E-state index in [2.05, 4.69) is 5.10 Å². The summed E-state index contributed by atoms with van der Waals surface area (Å²) in [6.07, 6.45) is 5.65. The normalized spacial score (nSPS) is 20.2. The van der Waals surface area contributed by atoms with Crippen molar-refractivity contribution in [2.24, 2.45) is 7.05 Å². The Balaban J connectivity index is 1.46. The molecule has 0 bridgehead atoms. The molecule has 6 nitrogen and oxygen atoms in total. The molecule has 3 aromatic rings. The Labute approximate surface area is 198 Å². The number of para-hydroxylation sites is 1. The van der Waals surface area contributed by atoms with E-state index in [4.69, 9.17) is 11.6 Å². The molecule has 2 aliphatic rings. The van der Waals surface area contributed by atoms with E-state index in [1.807, 2.05) is 59.5 Å². The third-order valence-electron chi connectivity index (χ3n) is 7.30. The minimum absolute atomic E-state index is 0.0143. The van der Waals surface area contributed by atoms with E-state index in [0.29, 0.717) is 11.6 Å². The first-order valence-electron chi connectivity index (χ1n) is 11.8. The van der Waals surface area contributed by atoms with Crippen LogP contribution >= 0.6 is 11.6 Å². The lowest BCUT2D eigenvalue weighted by atomic mass is 9.77. The molecular weight excluding hydrogens is 436 g/mol. The van der Waals surface area contributed by atoms with Gasteiger partial charge in [-0.15, -0.1) is 0 Å². The van der Waals surface area contributed by atoms with Gasteiger partial charge in [-0.2, -0.15) is 5.10 Å². The fraction of sp³-hybridized carbons (Fsp3) is 0.423. The van der Waals surface area contributed by atoms with Crippen molar-refractivity contribution < 1.29 is 4.79 Å². The lowest BCUT2D eigenvalue weighted by Crippen LogP contribution is -2.49. The van der Waals surface area contributed by atoms with Gasteiger partial charge in [0.2, 0.25) is 5.91 Å². The van der Waals surface area contributed by atoms with Gasteiger partial charge in [-0.3, -0.25) is 4.79 Å². The minimum Gasteiger partial charge on any atom is -0.341 e. The van der Waals surface area contributed by atoms with Crippen LogP contribution in [-0.2, 0) is 17.3 Å². The molecule has 1 saturated heterocycles. The molecule has 2 heterocycles. The fourth-order valence-corrected chi connectivity index (χ4v) is 5.74. The van der Waals surface area contributed by atoms with Crippen LogP contribution in [0.3, 0.4) is 0 Å². The van der Waals surface area contributed by atoms with Crippen LogP contribution in [0.2, 0.25) is 5.02 Å². The summed E-state index contributed by atoms with van der Waals surface area (Å²) in [5.41, 5.74) is 1.24. The summed E-state index contributed by atoms with van der Waals surface area (Å²) >= 11 is 6.13. The quantitative estimate of drug-likeness (QED) is 0.573. The summed E-state index contributed by atoms with van der Waals surface area (Å²) < 4.78 is 3.10. The highest BCUT2D eigenvalue weighted by Gasteiger charge is 2.46. The molecule has 1 saturated carbocycles. The first-order chi connectivity index (χ1) is 16.0. The maximum Gasteiger partial charge on any atom is 0.350 e. The zero-order chi connectivity index (χ0) is 23.0. The minimum atomic E-state index is -0.476. The molecule has 5 rings (SSSR count). The van der Waals surface area contributed by atoms with Gasteiger partial charge in [0.1, 0.15) is 5.82 Å². The van der Waals surface area contributed by atoms with Gasteiger partial charge in [0.05, 0.1) is 11.1 Å². The first kappa shape index (κ1) is 22.0. The largest absolute Gasteiger partial charge is 0.350 e. The molecule has 2 aromatic carbocycles. The van der Waals surface area contributed by atoms with Crippen molar-refractivity contribution in [2.45, 2.75) is 49.9 Å². The molecule has 1 unspecified atom stereocenters. The lowest BCUT2D eigenvalue weighted by Gasteiger charge is -2.39. The van der Waals surface area contributed by atoms with Gasteiger partial charge >= 0.3 is 5.69 Å². The number of halogens is 1. The van der Waals surface area contributed by atoms with Gasteiger partial charge in [0, 0.05) is 31.1 Å². The highest BCUT2D eigenvalue weighted by Crippen LogP contribution is 2.44. The molecule has 1 atom stereocenters. The number of aryl methyl sites for hydroxylation is 1. The zero-order valence-electron chi connectivity index (χ0n) is 18.9. The van der Waals surface area contributed by atoms with Crippen LogP contribution in [0.1, 0.15) is 55.8 Å². The van der Waals surface area contributed by atoms with Gasteiger partial charge in [-0.25, -0.2) is 14.0 Å². The second-order valence-corrected chi connectivity index (χ2v) is 9.76. The second kappa shape index (κ2) is 8.82. The van der Waals surface area contributed by atoms with Crippen LogP contribution in [0.4, 0.5) is 0 Å². The van der Waals surface area contributed by atoms with Crippen molar-refractivity contribution >= 4 is 17.5 Å². The van der Waals surface area contributed by atoms with E-state index < -0.39 is 5.41 Å². The molecular formula is C26H29ClN4O2. The number of amides is 1. The number of carbonyl (C=O) groups is 1. The van der Waals surface area contributed by atoms with Crippen LogP contribution in [0, 0.1) is 0 Å². The van der Waals surface area contributed by atoms with E-state index in [-0.39, 0.29) is 17.5 Å². The maximum absolute atomic E-state index is 14.0. The third-order valence-corrected chi connectivity index (χ3v) is 7.55. The number of aromatic nitrogens is 3. The molecule has 1 amide bonds. The highest BCUT2D eigenvalue weighted by molar-refractivity contribution is 6.30. The van der Waals surface area contributed by atoms with Crippen LogP contribution in [0.15, 0.2) is 59.4 Å². The standard InChI is InChI=1S/C26H29ClN4O2/c1-29-25(33)31(22-9-3-2-4-10-22)23(28-29)19-8-7-17-30(18-19)24(32)26(15-5-6-16-26)20-11-13-21(27)14-12-20/h2-4,9-14,19H,5-8,15-18H2,1H3. The Hall–Kier alpha value is -2.86. The van der Waals surface area contributed by atoms with E-state index >= 15 is 0 Å². The van der Waals surface area contributed by atoms with Crippen molar-refractivity contribution in [1.29, 1.82) is 0 Å². The van der Waals surface area contributed by atoms with E-state index in [1.54, 1.807) is 11.6 Å². The number of carbonyl (C=O) groups excluding carboxylic acids is 1. The molecule has 2 fully saturated rings. The maximum atomic E-state index is 14.0. The zero-order valence-corrected chi connectivity index (χ0v) is 19.7. The van der Waals surface area contributed by atoms with Crippen LogP contribution in [-0.4, -0.2) is 38.2 Å². The van der Waals surface area contributed by atoms with Crippen molar-refractivity contribution in [3.8, 4) is 5.69 Å². The number of nitrogens with zero attached hydrogens (tertiary/aromatic N) is 4. The number of hydrogen-bond acceptors (Lipinski definition) is 3. The average Bonchev–Trinajstić information content (AvgIpc) is 3.46. The van der Waals surface area contributed by atoms with Gasteiger partial charge < -0.3 is 4.90 Å². The molecule has 172 valence electrons. The van der Waals surface area contributed by atoms with E-state index in [1.165, 1.54) is 4.68 Å². The molecule has 1 aliphatic carbocycles. The first-order valence-corrected chi connectivity index (χ1v) is 12.1. The molecule has 7 heteroatoms. The molecule has 1 aliphatic heterocycles. The van der Waals surface area contributed by atoms with Crippen molar-refractivity contribution in [3.05, 3.63) is 81.5 Å². The number of hydrogen-bond donors (Lipinski definition) is 0. The molecule has 33 heavy (non-hydrogen) atoms. The van der Waals surface area contributed by atoms with Crippen LogP contribution in [0.25, 0.3) is 5.69 Å². The van der Waals surface area contributed by atoms with E-state index in [0.717, 1.165) is 62.1 Å². The number of benzene rings is 2. The van der Waals surface area contributed by atoms with Gasteiger partial charge in [-0.05, 0) is 55.5 Å². The second-order valence-electron chi connectivity index (χ2n) is 9.32. The van der Waals surface area contributed by atoms with Crippen molar-refractivity contribution in [2.75, 3.05) is 13.1 Å². The predicted molar refractivity (Wildman–Crippen MR) is 129 cm³/mol. The predicted octanol–water partition coefficient (Wildman–Crippen LogP) is 4.44. The Morgan fingerprint density at radius 2 is 1.73 bits per heavy atom. The summed E-state index contributed by atoms with van der Waals surface area (Å²) in [5.74, 6) is 0.954. The average molecular weight is 465 g/mol. The van der Waals surface area contributed by atoms with Crippen LogP contribution in [0.5, 0.6) is 0 Å². The Morgan fingerprint density at radius 1 is 1.03 bits per heavy atom. The Kier molecular flexibility index (Phi) is 5.87. The number of rotatable bonds is 4. The SMILES string of the molecule is Cn1nc(C2CCCN(C(=O)C3(c4ccc(Cl)cc4)CCCC3)C2)n(-c2ccccc2)c1=O. The fourth-order valence-electron chi connectivity index (χ4n) is 5.62. The number of piperidine rings is 1. The van der Waals surface area contributed by atoms with E-state index in [9.17, 15) is 9.59 Å². The molecule has 1 aromatic heterocycles. The van der Waals surface area contributed by atoms with Crippen molar-refractivity contribution in [3.63, 3.8) is 0 Å². The summed E-state index contributed by atoms with van der Waals surface area (Å²) in [4.78, 5) is 28.9. The van der Waals surface area contributed by atoms with Gasteiger partial charge in [0.25, 0.3) is 0 Å². The Morgan fingerprint density at radius 3 is 2.42 bits per heavy atom. The lowest BCUT2D eigenvalue weighted by molar-refractivity contribution is -0.138. The monoisotopic (exact) mass is 464 g/mol. The summed E-state index contributed by atoms with van der Waals surface area (Å²) in [6.45, 7) is 1.32. The molecule has 0 spiro atoms. The summed E-state index contributed by atoms with van der Waals surface area (Å²) in [7, 11) is 1.69. The van der Waals surface area contributed by atoms with Gasteiger partial charge in [-0.1, -0.05) is 54.8 Å². The molecule has 0 N–H and O–H groups in total. The Bertz CT molecular complexity index is 1190. The highest BCUT2D eigenvalue weighted by atomic mass is 35.5. The number of likely N-dealkylation sites (tertiary alicyclic amines) is 1. The molecule has 0 radical (unpaired) electrons. The summed E-state index contributed by atoms with van der Waals surface area (Å²) in [6, 6.07) is 17.4. The third kappa shape index (κ3) is 3.90.